The highest BCUT2D eigenvalue weighted by atomic mass is 35.5. The van der Waals surface area contributed by atoms with E-state index in [1.165, 1.54) is 16.4 Å². The first-order valence-corrected chi connectivity index (χ1v) is 10.8. The summed E-state index contributed by atoms with van der Waals surface area (Å²) in [7, 11) is -3.60. The van der Waals surface area contributed by atoms with Crippen LogP contribution in [-0.4, -0.2) is 49.7 Å². The van der Waals surface area contributed by atoms with Gasteiger partial charge in [-0.1, -0.05) is 47.5 Å². The van der Waals surface area contributed by atoms with Gasteiger partial charge in [-0.05, 0) is 36.2 Å². The number of amides is 1. The molecule has 2 aromatic rings. The number of halogens is 2. The fraction of sp³-hybridized carbons (Fsp3) is 0.316. The summed E-state index contributed by atoms with van der Waals surface area (Å²) in [5.74, 6) is 0.00900. The maximum absolute atomic E-state index is 12.7. The van der Waals surface area contributed by atoms with Crippen LogP contribution in [0, 0.1) is 0 Å². The molecule has 1 aliphatic rings. The molecule has 1 heterocycles. The summed E-state index contributed by atoms with van der Waals surface area (Å²) in [6, 6.07) is 13.7. The van der Waals surface area contributed by atoms with Gasteiger partial charge in [-0.2, -0.15) is 4.31 Å². The first-order chi connectivity index (χ1) is 12.9. The number of benzene rings is 2. The summed E-state index contributed by atoms with van der Waals surface area (Å²) in [4.78, 5) is 14.3. The molecule has 0 atom stereocenters. The van der Waals surface area contributed by atoms with E-state index >= 15 is 0 Å². The molecule has 1 saturated heterocycles. The third-order valence-electron chi connectivity index (χ3n) is 4.59. The Kier molecular flexibility index (Phi) is 6.42. The second-order valence-electron chi connectivity index (χ2n) is 6.33. The minimum absolute atomic E-state index is 0.00900. The van der Waals surface area contributed by atoms with Gasteiger partial charge in [0.15, 0.2) is 0 Å². The van der Waals surface area contributed by atoms with E-state index in [1.807, 2.05) is 18.2 Å². The van der Waals surface area contributed by atoms with Crippen LogP contribution in [0.2, 0.25) is 10.0 Å². The van der Waals surface area contributed by atoms with Crippen LogP contribution >= 0.6 is 23.2 Å². The van der Waals surface area contributed by atoms with Gasteiger partial charge in [0.2, 0.25) is 15.9 Å². The molecule has 1 fully saturated rings. The molecule has 0 saturated carbocycles. The Morgan fingerprint density at radius 1 is 0.963 bits per heavy atom. The van der Waals surface area contributed by atoms with Gasteiger partial charge in [0.05, 0.1) is 4.90 Å². The van der Waals surface area contributed by atoms with Gasteiger partial charge in [-0.15, -0.1) is 0 Å². The largest absolute Gasteiger partial charge is 0.340 e. The van der Waals surface area contributed by atoms with Crippen LogP contribution in [-0.2, 0) is 21.2 Å². The normalized spacial score (nSPS) is 15.7. The number of sulfonamides is 1. The molecule has 144 valence electrons. The molecule has 8 heteroatoms. The molecule has 1 aliphatic heterocycles. The second-order valence-corrected chi connectivity index (χ2v) is 9.12. The van der Waals surface area contributed by atoms with Crippen LogP contribution in [0.4, 0.5) is 0 Å². The average molecular weight is 427 g/mol. The number of rotatable bonds is 5. The Balaban J connectivity index is 1.57. The lowest BCUT2D eigenvalue weighted by Crippen LogP contribution is -2.50. The predicted octanol–water partition coefficient (Wildman–Crippen LogP) is 3.46. The molecule has 27 heavy (non-hydrogen) atoms. The minimum atomic E-state index is -3.60. The molecule has 2 aromatic carbocycles. The van der Waals surface area contributed by atoms with Gasteiger partial charge < -0.3 is 4.90 Å². The highest BCUT2D eigenvalue weighted by molar-refractivity contribution is 7.89. The first-order valence-electron chi connectivity index (χ1n) is 8.65. The number of carbonyl (C=O) groups excluding carboxylic acids is 1. The molecule has 0 radical (unpaired) electrons. The maximum Gasteiger partial charge on any atom is 0.243 e. The monoisotopic (exact) mass is 426 g/mol. The van der Waals surface area contributed by atoms with E-state index in [4.69, 9.17) is 23.2 Å². The minimum Gasteiger partial charge on any atom is -0.340 e. The molecular weight excluding hydrogens is 407 g/mol. The summed E-state index contributed by atoms with van der Waals surface area (Å²) in [5, 5.41) is 1.03. The van der Waals surface area contributed by atoms with Crippen molar-refractivity contribution in [3.8, 4) is 0 Å². The van der Waals surface area contributed by atoms with Gasteiger partial charge in [0, 0.05) is 42.6 Å². The van der Waals surface area contributed by atoms with E-state index in [-0.39, 0.29) is 23.9 Å². The summed E-state index contributed by atoms with van der Waals surface area (Å²) in [6.07, 6.45) is 0.921. The number of piperazine rings is 1. The van der Waals surface area contributed by atoms with Crippen molar-refractivity contribution in [3.63, 3.8) is 0 Å². The molecule has 1 amide bonds. The topological polar surface area (TPSA) is 57.7 Å². The lowest BCUT2D eigenvalue weighted by molar-refractivity contribution is -0.132. The van der Waals surface area contributed by atoms with Crippen molar-refractivity contribution in [2.45, 2.75) is 17.7 Å². The Labute approximate surface area is 169 Å². The number of carbonyl (C=O) groups is 1. The quantitative estimate of drug-likeness (QED) is 0.735. The van der Waals surface area contributed by atoms with Gasteiger partial charge >= 0.3 is 0 Å². The van der Waals surface area contributed by atoms with Crippen molar-refractivity contribution >= 4 is 39.1 Å². The third kappa shape index (κ3) is 4.82. The average Bonchev–Trinajstić information content (AvgIpc) is 2.67. The van der Waals surface area contributed by atoms with Gasteiger partial charge in [0.1, 0.15) is 0 Å². The molecule has 3 rings (SSSR count). The maximum atomic E-state index is 12.7. The highest BCUT2D eigenvalue weighted by Crippen LogP contribution is 2.21. The van der Waals surface area contributed by atoms with E-state index in [0.29, 0.717) is 36.0 Å². The second kappa shape index (κ2) is 8.61. The zero-order chi connectivity index (χ0) is 19.4. The summed E-state index contributed by atoms with van der Waals surface area (Å²) in [5.41, 5.74) is 0.940. The lowest BCUT2D eigenvalue weighted by Gasteiger charge is -2.34. The number of nitrogens with zero attached hydrogens (tertiary/aromatic N) is 2. The zero-order valence-corrected chi connectivity index (χ0v) is 17.0. The van der Waals surface area contributed by atoms with E-state index in [9.17, 15) is 13.2 Å². The van der Waals surface area contributed by atoms with Gasteiger partial charge in [-0.3, -0.25) is 4.79 Å². The fourth-order valence-electron chi connectivity index (χ4n) is 3.06. The van der Waals surface area contributed by atoms with Crippen molar-refractivity contribution in [1.82, 2.24) is 9.21 Å². The van der Waals surface area contributed by atoms with Crippen LogP contribution < -0.4 is 0 Å². The van der Waals surface area contributed by atoms with Crippen molar-refractivity contribution < 1.29 is 13.2 Å². The first kappa shape index (κ1) is 20.1. The van der Waals surface area contributed by atoms with Crippen molar-refractivity contribution in [2.24, 2.45) is 0 Å². The van der Waals surface area contributed by atoms with Crippen molar-refractivity contribution in [3.05, 3.63) is 64.1 Å². The Morgan fingerprint density at radius 3 is 2.33 bits per heavy atom. The highest BCUT2D eigenvalue weighted by Gasteiger charge is 2.30. The Morgan fingerprint density at radius 2 is 1.67 bits per heavy atom. The van der Waals surface area contributed by atoms with Crippen LogP contribution in [0.5, 0.6) is 0 Å². The molecule has 0 aromatic heterocycles. The zero-order valence-electron chi connectivity index (χ0n) is 14.6. The van der Waals surface area contributed by atoms with E-state index in [0.717, 1.165) is 5.56 Å². The predicted molar refractivity (Wildman–Crippen MR) is 107 cm³/mol. The Bertz CT molecular complexity index is 926. The third-order valence-corrected chi connectivity index (χ3v) is 7.09. The van der Waals surface area contributed by atoms with Crippen molar-refractivity contribution in [1.29, 1.82) is 0 Å². The molecular formula is C19H20Cl2N2O3S. The molecule has 5 nitrogen and oxygen atoms in total. The summed E-state index contributed by atoms with van der Waals surface area (Å²) >= 11 is 12.0. The van der Waals surface area contributed by atoms with Crippen LogP contribution in [0.1, 0.15) is 12.0 Å². The van der Waals surface area contributed by atoms with Crippen LogP contribution in [0.15, 0.2) is 53.4 Å². The number of hydrogen-bond donors (Lipinski definition) is 0. The van der Waals surface area contributed by atoms with Crippen molar-refractivity contribution in [2.75, 3.05) is 26.2 Å². The Hall–Kier alpha value is -1.60. The molecule has 0 N–H and O–H groups in total. The van der Waals surface area contributed by atoms with E-state index in [1.54, 1.807) is 23.1 Å². The van der Waals surface area contributed by atoms with E-state index in [2.05, 4.69) is 0 Å². The number of hydrogen-bond acceptors (Lipinski definition) is 3. The van der Waals surface area contributed by atoms with Gasteiger partial charge in [0.25, 0.3) is 0 Å². The molecule has 0 unspecified atom stereocenters. The standard InChI is InChI=1S/C19H20Cl2N2O3S/c20-16-5-3-6-17(14-16)27(25,26)23-12-10-22(11-13-23)19(24)9-8-15-4-1-2-7-18(15)21/h1-7,14H,8-13H2. The molecule has 0 spiro atoms. The molecule has 0 aliphatic carbocycles. The lowest BCUT2D eigenvalue weighted by atomic mass is 10.1. The smallest absolute Gasteiger partial charge is 0.243 e. The summed E-state index contributed by atoms with van der Waals surface area (Å²) < 4.78 is 26.8. The van der Waals surface area contributed by atoms with Crippen LogP contribution in [0.25, 0.3) is 0 Å². The number of aryl methyl sites for hydroxylation is 1. The summed E-state index contributed by atoms with van der Waals surface area (Å²) in [6.45, 7) is 1.29. The van der Waals surface area contributed by atoms with E-state index < -0.39 is 10.0 Å². The fourth-order valence-corrected chi connectivity index (χ4v) is 5.01. The van der Waals surface area contributed by atoms with Crippen LogP contribution in [0.3, 0.4) is 0 Å². The molecule has 0 bridgehead atoms. The SMILES string of the molecule is O=C(CCc1ccccc1Cl)N1CCN(S(=O)(=O)c2cccc(Cl)c2)CC1. The van der Waals surface area contributed by atoms with Gasteiger partial charge in [-0.25, -0.2) is 8.42 Å².